The molecule has 0 aliphatic carbocycles. The van der Waals surface area contributed by atoms with E-state index in [0.717, 1.165) is 17.8 Å². The summed E-state index contributed by atoms with van der Waals surface area (Å²) in [5.74, 6) is -0.271. The number of halogens is 3. The molecule has 0 radical (unpaired) electrons. The average molecular weight is 615 g/mol. The van der Waals surface area contributed by atoms with Crippen LogP contribution < -0.4 is 15.4 Å². The molecule has 2 aliphatic rings. The van der Waals surface area contributed by atoms with Crippen molar-refractivity contribution in [2.75, 3.05) is 55.6 Å². The minimum absolute atomic E-state index is 0.0493. The predicted molar refractivity (Wildman–Crippen MR) is 160 cm³/mol. The smallest absolute Gasteiger partial charge is 0.298 e. The Labute approximate surface area is 252 Å². The molecule has 1 amide bonds. The van der Waals surface area contributed by atoms with Crippen LogP contribution in [0.1, 0.15) is 20.3 Å². The molecule has 0 spiro atoms. The van der Waals surface area contributed by atoms with Gasteiger partial charge in [-0.1, -0.05) is 43.6 Å². The normalized spacial score (nSPS) is 17.5. The number of aromatic nitrogens is 4. The number of nitrogens with zero attached hydrogens (tertiary/aromatic N) is 9. The molecule has 2 aliphatic heterocycles. The molecule has 1 atom stereocenters. The average Bonchev–Trinajstić information content (AvgIpc) is 2.96. The molecule has 0 saturated carbocycles. The fraction of sp³-hybridized carbons (Fsp3) is 0.429. The fourth-order valence-corrected chi connectivity index (χ4v) is 6.05. The van der Waals surface area contributed by atoms with Gasteiger partial charge in [0.05, 0.1) is 35.1 Å². The second kappa shape index (κ2) is 12.2. The Morgan fingerprint density at radius 1 is 1.19 bits per heavy atom. The summed E-state index contributed by atoms with van der Waals surface area (Å²) < 4.78 is 15.9. The van der Waals surface area contributed by atoms with Crippen LogP contribution in [0.2, 0.25) is 10.0 Å². The number of nitriles is 1. The summed E-state index contributed by atoms with van der Waals surface area (Å²) in [6.45, 7) is 12.0. The van der Waals surface area contributed by atoms with Gasteiger partial charge in [0.1, 0.15) is 17.0 Å². The molecule has 14 heteroatoms. The van der Waals surface area contributed by atoms with Gasteiger partial charge in [0.25, 0.3) is 5.56 Å². The first-order valence-corrected chi connectivity index (χ1v) is 14.4. The zero-order valence-electron chi connectivity index (χ0n) is 23.3. The van der Waals surface area contributed by atoms with E-state index in [1.54, 1.807) is 4.90 Å². The van der Waals surface area contributed by atoms with Crippen molar-refractivity contribution in [3.63, 3.8) is 0 Å². The summed E-state index contributed by atoms with van der Waals surface area (Å²) >= 11 is 12.1. The highest BCUT2D eigenvalue weighted by Crippen LogP contribution is 2.31. The van der Waals surface area contributed by atoms with Crippen molar-refractivity contribution in [1.29, 1.82) is 5.26 Å². The fourth-order valence-electron chi connectivity index (χ4n) is 5.57. The number of carbonyl (C=O) groups excluding carboxylic acids is 1. The number of fused-ring (bicyclic) bond motifs is 1. The van der Waals surface area contributed by atoms with Crippen molar-refractivity contribution in [2.45, 2.75) is 32.4 Å². The zero-order chi connectivity index (χ0) is 30.1. The van der Waals surface area contributed by atoms with E-state index in [4.69, 9.17) is 28.2 Å². The molecule has 11 nitrogen and oxygen atoms in total. The number of carbonyl (C=O) groups is 1. The van der Waals surface area contributed by atoms with Crippen LogP contribution in [0.25, 0.3) is 16.6 Å². The highest BCUT2D eigenvalue weighted by Gasteiger charge is 2.35. The summed E-state index contributed by atoms with van der Waals surface area (Å²) in [6.07, 6.45) is 2.77. The third-order valence-electron chi connectivity index (χ3n) is 7.85. The molecule has 42 heavy (non-hydrogen) atoms. The lowest BCUT2D eigenvalue weighted by Gasteiger charge is -2.45. The lowest BCUT2D eigenvalue weighted by Crippen LogP contribution is -2.60. The minimum Gasteiger partial charge on any atom is -0.352 e. The van der Waals surface area contributed by atoms with E-state index in [-0.39, 0.29) is 33.6 Å². The van der Waals surface area contributed by atoms with E-state index in [2.05, 4.69) is 41.5 Å². The maximum absolute atomic E-state index is 15.0. The van der Waals surface area contributed by atoms with Gasteiger partial charge in [-0.15, -0.1) is 0 Å². The molecule has 2 fully saturated rings. The molecule has 1 unspecified atom stereocenters. The van der Waals surface area contributed by atoms with Crippen molar-refractivity contribution >= 4 is 51.8 Å². The van der Waals surface area contributed by atoms with E-state index in [1.165, 1.54) is 24.4 Å². The van der Waals surface area contributed by atoms with Crippen LogP contribution in [-0.2, 0) is 4.79 Å². The largest absolute Gasteiger partial charge is 0.352 e. The Hall–Kier alpha value is -3.79. The number of rotatable bonds is 8. The van der Waals surface area contributed by atoms with Crippen LogP contribution >= 0.6 is 23.2 Å². The van der Waals surface area contributed by atoms with Crippen LogP contribution in [0.15, 0.2) is 35.8 Å². The molecule has 2 aromatic heterocycles. The Bertz CT molecular complexity index is 1630. The maximum Gasteiger partial charge on any atom is 0.298 e. The third-order valence-corrected chi connectivity index (χ3v) is 8.35. The van der Waals surface area contributed by atoms with Gasteiger partial charge in [0.2, 0.25) is 11.9 Å². The van der Waals surface area contributed by atoms with Crippen molar-refractivity contribution < 1.29 is 9.18 Å². The van der Waals surface area contributed by atoms with Gasteiger partial charge in [-0.2, -0.15) is 20.0 Å². The van der Waals surface area contributed by atoms with Gasteiger partial charge in [-0.25, -0.2) is 9.37 Å². The topological polar surface area (TPSA) is 114 Å². The van der Waals surface area contributed by atoms with Gasteiger partial charge in [-0.3, -0.25) is 14.5 Å². The summed E-state index contributed by atoms with van der Waals surface area (Å²) in [5, 5.41) is 14.0. The molecule has 0 N–H and O–H groups in total. The lowest BCUT2D eigenvalue weighted by molar-refractivity contribution is -0.128. The zero-order valence-corrected chi connectivity index (χ0v) is 24.8. The SMILES string of the molecule is C=CC(=O)N1CCN(c2nc(N3CC(N(CC)CC)C3)nc3c(=O)n(-c4cc(Cl)cc(Cl)c4F)ncc23)CC1CC#N. The molecule has 4 heterocycles. The summed E-state index contributed by atoms with van der Waals surface area (Å²) in [7, 11) is 0. The standard InChI is InChI=1S/C28H30Cl2FN9O2/c1-4-23(41)39-10-9-37(14-18(39)7-8-32)26-20-13-33-40(22-12-17(29)11-21(30)24(22)31)27(42)25(20)34-28(35-26)38-15-19(16-38)36(5-2)6-3/h4,11-13,18-19H,1,5-7,9-10,14-16H2,2-3H3. The maximum atomic E-state index is 15.0. The first-order chi connectivity index (χ1) is 20.2. The van der Waals surface area contributed by atoms with E-state index >= 15 is 4.39 Å². The molecule has 2 saturated heterocycles. The van der Waals surface area contributed by atoms with Gasteiger partial charge in [0, 0.05) is 43.8 Å². The second-order valence-corrected chi connectivity index (χ2v) is 11.0. The van der Waals surface area contributed by atoms with Gasteiger partial charge in [0.15, 0.2) is 5.82 Å². The Kier molecular flexibility index (Phi) is 8.63. The van der Waals surface area contributed by atoms with Crippen LogP contribution in [0.4, 0.5) is 16.2 Å². The van der Waals surface area contributed by atoms with E-state index < -0.39 is 17.4 Å². The van der Waals surface area contributed by atoms with Crippen molar-refractivity contribution in [2.24, 2.45) is 0 Å². The molecular weight excluding hydrogens is 584 g/mol. The van der Waals surface area contributed by atoms with Gasteiger partial charge in [-0.05, 0) is 31.3 Å². The Morgan fingerprint density at radius 3 is 2.60 bits per heavy atom. The molecule has 220 valence electrons. The highest BCUT2D eigenvalue weighted by molar-refractivity contribution is 6.35. The first-order valence-electron chi connectivity index (χ1n) is 13.7. The van der Waals surface area contributed by atoms with E-state index in [0.29, 0.717) is 55.9 Å². The molecular formula is C28H30Cl2FN9O2. The number of hydrogen-bond donors (Lipinski definition) is 0. The van der Waals surface area contributed by atoms with E-state index in [1.807, 2.05) is 9.80 Å². The van der Waals surface area contributed by atoms with Crippen LogP contribution in [0.3, 0.4) is 0 Å². The molecule has 5 rings (SSSR count). The molecule has 3 aromatic rings. The number of hydrogen-bond acceptors (Lipinski definition) is 9. The monoisotopic (exact) mass is 613 g/mol. The van der Waals surface area contributed by atoms with Crippen molar-refractivity contribution in [3.8, 4) is 11.8 Å². The molecule has 1 aromatic carbocycles. The minimum atomic E-state index is -0.836. The third kappa shape index (κ3) is 5.40. The van der Waals surface area contributed by atoms with Crippen molar-refractivity contribution in [3.05, 3.63) is 57.2 Å². The summed E-state index contributed by atoms with van der Waals surface area (Å²) in [4.78, 5) is 43.7. The van der Waals surface area contributed by atoms with Crippen molar-refractivity contribution in [1.82, 2.24) is 29.5 Å². The number of benzene rings is 1. The highest BCUT2D eigenvalue weighted by atomic mass is 35.5. The van der Waals surface area contributed by atoms with Crippen LogP contribution in [0, 0.1) is 17.1 Å². The summed E-state index contributed by atoms with van der Waals surface area (Å²) in [5.41, 5.74) is -0.810. The number of anilines is 2. The summed E-state index contributed by atoms with van der Waals surface area (Å²) in [6, 6.07) is 4.60. The van der Waals surface area contributed by atoms with E-state index in [9.17, 15) is 14.9 Å². The van der Waals surface area contributed by atoms with Gasteiger partial charge >= 0.3 is 0 Å². The predicted octanol–water partition coefficient (Wildman–Crippen LogP) is 3.27. The lowest BCUT2D eigenvalue weighted by atomic mass is 10.1. The number of piperazine rings is 1. The Morgan fingerprint density at radius 2 is 1.93 bits per heavy atom. The second-order valence-electron chi connectivity index (χ2n) is 10.2. The Balaban J connectivity index is 1.62. The number of amides is 1. The quantitative estimate of drug-likeness (QED) is 0.279. The molecule has 0 bridgehead atoms. The first kappa shape index (κ1) is 29.7. The van der Waals surface area contributed by atoms with Crippen LogP contribution in [0.5, 0.6) is 0 Å². The number of likely N-dealkylation sites (N-methyl/N-ethyl adjacent to an activating group) is 1. The van der Waals surface area contributed by atoms with Crippen LogP contribution in [-0.4, -0.2) is 93.4 Å². The van der Waals surface area contributed by atoms with Gasteiger partial charge < -0.3 is 14.7 Å².